The van der Waals surface area contributed by atoms with Crippen LogP contribution in [0.15, 0.2) is 42.7 Å². The van der Waals surface area contributed by atoms with Crippen LogP contribution in [0.3, 0.4) is 0 Å². The topological polar surface area (TPSA) is 47.1 Å². The Balaban J connectivity index is 0.000000133. The van der Waals surface area contributed by atoms with E-state index in [0.29, 0.717) is 0 Å². The lowest BCUT2D eigenvalue weighted by Gasteiger charge is -2.04. The van der Waals surface area contributed by atoms with Gasteiger partial charge in [-0.25, -0.2) is 4.98 Å². The van der Waals surface area contributed by atoms with Crippen LogP contribution in [0.25, 0.3) is 11.0 Å². The zero-order valence-electron chi connectivity index (χ0n) is 12.1. The second-order valence-electron chi connectivity index (χ2n) is 5.04. The lowest BCUT2D eigenvalue weighted by Crippen LogP contribution is -2.25. The molecule has 0 aliphatic carbocycles. The van der Waals surface area contributed by atoms with Gasteiger partial charge in [0, 0.05) is 0 Å². The molecule has 6 heteroatoms. The zero-order valence-corrected chi connectivity index (χ0v) is 12.1. The lowest BCUT2D eigenvalue weighted by atomic mass is 10.2. The fourth-order valence-corrected chi connectivity index (χ4v) is 2.11. The van der Waals surface area contributed by atoms with Crippen molar-refractivity contribution in [3.05, 3.63) is 53.9 Å². The van der Waals surface area contributed by atoms with E-state index in [2.05, 4.69) is 38.5 Å². The Kier molecular flexibility index (Phi) is 3.44. The first-order valence-corrected chi connectivity index (χ1v) is 6.69. The summed E-state index contributed by atoms with van der Waals surface area (Å²) in [5.74, 6) is 0.186. The van der Waals surface area contributed by atoms with Gasteiger partial charge in [-0.05, 0) is 49.2 Å². The van der Waals surface area contributed by atoms with E-state index in [0.717, 1.165) is 16.6 Å². The van der Waals surface area contributed by atoms with Gasteiger partial charge in [0.25, 0.3) is 0 Å². The van der Waals surface area contributed by atoms with Crippen LogP contribution in [0.4, 0.5) is 8.78 Å². The SMILES string of the molecule is Cc1ccc2c(c1)OC(F)(F)O2.Cc1ccc2nc[nH]c2c1. The van der Waals surface area contributed by atoms with Gasteiger partial charge in [-0.2, -0.15) is 0 Å². The Morgan fingerprint density at radius 3 is 2.45 bits per heavy atom. The summed E-state index contributed by atoms with van der Waals surface area (Å²) in [4.78, 5) is 7.15. The van der Waals surface area contributed by atoms with E-state index >= 15 is 0 Å². The highest BCUT2D eigenvalue weighted by atomic mass is 19.3. The minimum Gasteiger partial charge on any atom is -0.395 e. The summed E-state index contributed by atoms with van der Waals surface area (Å²) in [6.07, 6.45) is -1.79. The van der Waals surface area contributed by atoms with E-state index in [4.69, 9.17) is 0 Å². The summed E-state index contributed by atoms with van der Waals surface area (Å²) in [7, 11) is 0. The quantitative estimate of drug-likeness (QED) is 0.677. The van der Waals surface area contributed by atoms with Gasteiger partial charge in [0.05, 0.1) is 17.4 Å². The molecule has 4 rings (SSSR count). The van der Waals surface area contributed by atoms with Crippen LogP contribution >= 0.6 is 0 Å². The third-order valence-corrected chi connectivity index (χ3v) is 3.13. The summed E-state index contributed by atoms with van der Waals surface area (Å²) in [5.41, 5.74) is 4.26. The molecule has 0 amide bonds. The normalized spacial score (nSPS) is 14.5. The largest absolute Gasteiger partial charge is 0.586 e. The standard InChI is InChI=1S/C8H6F2O2.C8H8N2/c1-5-2-3-6-7(4-5)12-8(9,10)11-6;1-6-2-3-7-8(4-6)10-5-9-7/h2-4H,1H3;2-5H,1H3,(H,9,10). The average Bonchev–Trinajstić information content (AvgIpc) is 3.00. The van der Waals surface area contributed by atoms with Gasteiger partial charge in [-0.1, -0.05) is 12.1 Å². The number of aromatic nitrogens is 2. The van der Waals surface area contributed by atoms with Crippen LogP contribution in [0.1, 0.15) is 11.1 Å². The summed E-state index contributed by atoms with van der Waals surface area (Å²) in [5, 5.41) is 0. The molecule has 0 saturated heterocycles. The van der Waals surface area contributed by atoms with Crippen molar-refractivity contribution >= 4 is 11.0 Å². The van der Waals surface area contributed by atoms with Crippen LogP contribution < -0.4 is 9.47 Å². The number of ether oxygens (including phenoxy) is 2. The van der Waals surface area contributed by atoms with E-state index < -0.39 is 6.29 Å². The van der Waals surface area contributed by atoms with E-state index in [1.165, 1.54) is 17.7 Å². The van der Waals surface area contributed by atoms with E-state index in [9.17, 15) is 8.78 Å². The highest BCUT2D eigenvalue weighted by Gasteiger charge is 2.43. The molecule has 0 atom stereocenters. The third-order valence-electron chi connectivity index (χ3n) is 3.13. The Labute approximate surface area is 125 Å². The Morgan fingerprint density at radius 1 is 0.955 bits per heavy atom. The van der Waals surface area contributed by atoms with Gasteiger partial charge in [0.2, 0.25) is 0 Å². The van der Waals surface area contributed by atoms with Gasteiger partial charge in [0.1, 0.15) is 0 Å². The Morgan fingerprint density at radius 2 is 1.64 bits per heavy atom. The molecule has 0 unspecified atom stereocenters. The van der Waals surface area contributed by atoms with Crippen LogP contribution in [0, 0.1) is 13.8 Å². The molecule has 1 aliphatic rings. The number of hydrogen-bond acceptors (Lipinski definition) is 3. The monoisotopic (exact) mass is 304 g/mol. The highest BCUT2D eigenvalue weighted by molar-refractivity contribution is 5.74. The number of rotatable bonds is 0. The molecule has 0 radical (unpaired) electrons. The number of hydrogen-bond donors (Lipinski definition) is 1. The van der Waals surface area contributed by atoms with Crippen LogP contribution in [-0.4, -0.2) is 16.3 Å². The molecule has 2 aromatic carbocycles. The van der Waals surface area contributed by atoms with Crippen molar-refractivity contribution in [2.75, 3.05) is 0 Å². The van der Waals surface area contributed by atoms with Crippen molar-refractivity contribution in [2.24, 2.45) is 0 Å². The van der Waals surface area contributed by atoms with E-state index in [1.807, 2.05) is 6.07 Å². The summed E-state index contributed by atoms with van der Waals surface area (Å²) in [6, 6.07) is 10.8. The lowest BCUT2D eigenvalue weighted by molar-refractivity contribution is -0.286. The van der Waals surface area contributed by atoms with Crippen molar-refractivity contribution in [2.45, 2.75) is 20.1 Å². The van der Waals surface area contributed by atoms with Crippen molar-refractivity contribution < 1.29 is 18.3 Å². The first kappa shape index (κ1) is 14.3. The summed E-state index contributed by atoms with van der Waals surface area (Å²) >= 11 is 0. The molecule has 3 aromatic rings. The summed E-state index contributed by atoms with van der Waals surface area (Å²) in [6.45, 7) is 3.86. The second kappa shape index (κ2) is 5.29. The molecule has 2 heterocycles. The predicted molar refractivity (Wildman–Crippen MR) is 78.2 cm³/mol. The molecule has 0 spiro atoms. The van der Waals surface area contributed by atoms with Crippen molar-refractivity contribution in [1.82, 2.24) is 9.97 Å². The molecule has 0 fully saturated rings. The molecule has 0 saturated carbocycles. The number of aryl methyl sites for hydroxylation is 2. The van der Waals surface area contributed by atoms with Gasteiger partial charge in [-0.15, -0.1) is 8.78 Å². The Bertz CT molecular complexity index is 815. The fraction of sp³-hybridized carbons (Fsp3) is 0.188. The van der Waals surface area contributed by atoms with Gasteiger partial charge in [-0.3, -0.25) is 0 Å². The number of alkyl halides is 2. The summed E-state index contributed by atoms with van der Waals surface area (Å²) < 4.78 is 33.3. The number of aromatic amines is 1. The molecule has 114 valence electrons. The molecule has 1 aliphatic heterocycles. The molecule has 22 heavy (non-hydrogen) atoms. The molecular weight excluding hydrogens is 290 g/mol. The number of fused-ring (bicyclic) bond motifs is 2. The number of nitrogens with zero attached hydrogens (tertiary/aromatic N) is 1. The molecule has 1 N–H and O–H groups in total. The minimum atomic E-state index is -3.50. The van der Waals surface area contributed by atoms with E-state index in [1.54, 1.807) is 19.3 Å². The van der Waals surface area contributed by atoms with Crippen LogP contribution in [0.2, 0.25) is 0 Å². The van der Waals surface area contributed by atoms with Crippen LogP contribution in [0.5, 0.6) is 11.5 Å². The van der Waals surface area contributed by atoms with Gasteiger partial charge in [0.15, 0.2) is 11.5 Å². The molecular formula is C16H14F2N2O2. The third kappa shape index (κ3) is 3.00. The highest BCUT2D eigenvalue weighted by Crippen LogP contribution is 2.40. The number of imidazole rings is 1. The fourth-order valence-electron chi connectivity index (χ4n) is 2.11. The first-order chi connectivity index (χ1) is 10.4. The maximum atomic E-state index is 12.4. The van der Waals surface area contributed by atoms with Crippen LogP contribution in [-0.2, 0) is 0 Å². The maximum absolute atomic E-state index is 12.4. The molecule has 4 nitrogen and oxygen atoms in total. The smallest absolute Gasteiger partial charge is 0.395 e. The molecule has 1 aromatic heterocycles. The molecule has 0 bridgehead atoms. The van der Waals surface area contributed by atoms with Crippen molar-refractivity contribution in [1.29, 1.82) is 0 Å². The number of benzene rings is 2. The Hall–Kier alpha value is -2.63. The number of halogens is 2. The predicted octanol–water partition coefficient (Wildman–Crippen LogP) is 4.19. The number of H-pyrrole nitrogens is 1. The van der Waals surface area contributed by atoms with E-state index in [-0.39, 0.29) is 11.5 Å². The van der Waals surface area contributed by atoms with Crippen molar-refractivity contribution in [3.8, 4) is 11.5 Å². The zero-order chi connectivity index (χ0) is 15.7. The maximum Gasteiger partial charge on any atom is 0.586 e. The van der Waals surface area contributed by atoms with Gasteiger partial charge >= 0.3 is 6.29 Å². The minimum absolute atomic E-state index is 0.0885. The number of nitrogens with one attached hydrogen (secondary N) is 1. The second-order valence-corrected chi connectivity index (χ2v) is 5.04. The van der Waals surface area contributed by atoms with Gasteiger partial charge < -0.3 is 14.5 Å². The van der Waals surface area contributed by atoms with Crippen molar-refractivity contribution in [3.63, 3.8) is 0 Å². The average molecular weight is 304 g/mol. The first-order valence-electron chi connectivity index (χ1n) is 6.69.